The van der Waals surface area contributed by atoms with Crippen molar-refractivity contribution in [2.75, 3.05) is 0 Å². The third kappa shape index (κ3) is 2.83. The number of fused-ring (bicyclic) bond motifs is 2. The molecule has 2 atom stereocenters. The fourth-order valence-corrected chi connectivity index (χ4v) is 4.72. The summed E-state index contributed by atoms with van der Waals surface area (Å²) in [7, 11) is 0. The van der Waals surface area contributed by atoms with Crippen molar-refractivity contribution in [2.45, 2.75) is 61.8 Å². The second-order valence-electron chi connectivity index (χ2n) is 6.90. The van der Waals surface area contributed by atoms with Crippen molar-refractivity contribution >= 4 is 17.7 Å². The van der Waals surface area contributed by atoms with E-state index in [1.54, 1.807) is 11.8 Å². The Morgan fingerprint density at radius 2 is 2.17 bits per heavy atom. The van der Waals surface area contributed by atoms with Crippen LogP contribution in [0.25, 0.3) is 0 Å². The summed E-state index contributed by atoms with van der Waals surface area (Å²) >= 11 is 1.68. The highest BCUT2D eigenvalue weighted by Gasteiger charge is 2.31. The number of nitrogens with one attached hydrogen (secondary N) is 1. The topological polar surface area (TPSA) is 59.8 Å². The number of hydrogen-bond acceptors (Lipinski definition) is 4. The van der Waals surface area contributed by atoms with Gasteiger partial charge in [0.2, 0.25) is 5.91 Å². The number of carbonyl (C=O) groups is 1. The highest BCUT2D eigenvalue weighted by atomic mass is 32.2. The van der Waals surface area contributed by atoms with Crippen molar-refractivity contribution in [3.8, 4) is 0 Å². The van der Waals surface area contributed by atoms with Crippen molar-refractivity contribution < 1.29 is 4.79 Å². The second kappa shape index (κ2) is 6.24. The van der Waals surface area contributed by atoms with Gasteiger partial charge in [0.1, 0.15) is 11.6 Å². The van der Waals surface area contributed by atoms with E-state index in [4.69, 9.17) is 0 Å². The van der Waals surface area contributed by atoms with Gasteiger partial charge in [0.05, 0.1) is 5.25 Å². The van der Waals surface area contributed by atoms with E-state index in [9.17, 15) is 4.79 Å². The van der Waals surface area contributed by atoms with E-state index in [0.29, 0.717) is 5.92 Å². The summed E-state index contributed by atoms with van der Waals surface area (Å²) in [5, 5.41) is 11.9. The molecule has 0 unspecified atom stereocenters. The van der Waals surface area contributed by atoms with Gasteiger partial charge in [-0.1, -0.05) is 32.0 Å². The average molecular weight is 342 g/mol. The van der Waals surface area contributed by atoms with Gasteiger partial charge in [0, 0.05) is 29.8 Å². The molecule has 2 aliphatic heterocycles. The normalized spacial score (nSPS) is 22.3. The SMILES string of the molecule is CC(C)c1nnc2n1C[C@@H](NC(=O)[C@H]1Cc3ccccc3S1)CC2. The van der Waals surface area contributed by atoms with Crippen molar-refractivity contribution in [1.82, 2.24) is 20.1 Å². The molecule has 2 aliphatic rings. The number of amides is 1. The van der Waals surface area contributed by atoms with Crippen LogP contribution in [-0.2, 0) is 24.2 Å². The van der Waals surface area contributed by atoms with Crippen LogP contribution in [0.3, 0.4) is 0 Å². The first-order valence-electron chi connectivity index (χ1n) is 8.58. The van der Waals surface area contributed by atoms with Gasteiger partial charge < -0.3 is 9.88 Å². The Bertz CT molecular complexity index is 745. The fourth-order valence-electron chi connectivity index (χ4n) is 3.52. The molecule has 6 heteroatoms. The number of aromatic nitrogens is 3. The van der Waals surface area contributed by atoms with Crippen LogP contribution in [0, 0.1) is 0 Å². The molecule has 4 rings (SSSR count). The van der Waals surface area contributed by atoms with Crippen LogP contribution in [0.15, 0.2) is 29.2 Å². The summed E-state index contributed by atoms with van der Waals surface area (Å²) < 4.78 is 2.19. The molecule has 0 fully saturated rings. The molecule has 0 saturated heterocycles. The standard InChI is InChI=1S/C18H22N4OS/c1-11(2)17-21-20-16-8-7-13(10-22(16)17)19-18(23)15-9-12-5-3-4-6-14(12)24-15/h3-6,11,13,15H,7-10H2,1-2H3,(H,19,23)/t13-,15+/m0/s1. The van der Waals surface area contributed by atoms with Gasteiger partial charge in [0.15, 0.2) is 0 Å². The summed E-state index contributed by atoms with van der Waals surface area (Å²) in [4.78, 5) is 13.9. The molecule has 24 heavy (non-hydrogen) atoms. The van der Waals surface area contributed by atoms with E-state index >= 15 is 0 Å². The third-order valence-corrected chi connectivity index (χ3v) is 6.10. The molecule has 0 aliphatic carbocycles. The molecule has 0 spiro atoms. The van der Waals surface area contributed by atoms with E-state index in [1.807, 2.05) is 12.1 Å². The van der Waals surface area contributed by atoms with Gasteiger partial charge in [0.25, 0.3) is 0 Å². The first kappa shape index (κ1) is 15.7. The van der Waals surface area contributed by atoms with Crippen LogP contribution in [0.5, 0.6) is 0 Å². The highest BCUT2D eigenvalue weighted by Crippen LogP contribution is 2.36. The summed E-state index contributed by atoms with van der Waals surface area (Å²) in [6, 6.07) is 8.47. The lowest BCUT2D eigenvalue weighted by Gasteiger charge is -2.26. The minimum atomic E-state index is -0.00530. The summed E-state index contributed by atoms with van der Waals surface area (Å²) in [5.41, 5.74) is 1.29. The summed E-state index contributed by atoms with van der Waals surface area (Å²) in [6.45, 7) is 5.05. The van der Waals surface area contributed by atoms with Crippen LogP contribution in [0.4, 0.5) is 0 Å². The number of thioether (sulfide) groups is 1. The maximum absolute atomic E-state index is 12.7. The molecule has 0 bridgehead atoms. The molecule has 1 aromatic carbocycles. The van der Waals surface area contributed by atoms with E-state index in [0.717, 1.165) is 37.5 Å². The number of hydrogen-bond donors (Lipinski definition) is 1. The van der Waals surface area contributed by atoms with Gasteiger partial charge >= 0.3 is 0 Å². The Balaban J connectivity index is 1.42. The summed E-state index contributed by atoms with van der Waals surface area (Å²) in [5.74, 6) is 2.57. The lowest BCUT2D eigenvalue weighted by atomic mass is 10.0. The van der Waals surface area contributed by atoms with Crippen molar-refractivity contribution in [3.05, 3.63) is 41.5 Å². The predicted octanol–water partition coefficient (Wildman–Crippen LogP) is 2.55. The van der Waals surface area contributed by atoms with E-state index in [2.05, 4.69) is 46.1 Å². The largest absolute Gasteiger partial charge is 0.351 e. The van der Waals surface area contributed by atoms with Crippen LogP contribution >= 0.6 is 11.8 Å². The van der Waals surface area contributed by atoms with Crippen LogP contribution < -0.4 is 5.32 Å². The smallest absolute Gasteiger partial charge is 0.234 e. The number of rotatable bonds is 3. The van der Waals surface area contributed by atoms with Gasteiger partial charge in [-0.05, 0) is 24.5 Å². The molecule has 126 valence electrons. The van der Waals surface area contributed by atoms with Gasteiger partial charge in [-0.15, -0.1) is 22.0 Å². The predicted molar refractivity (Wildman–Crippen MR) is 94.2 cm³/mol. The molecule has 3 heterocycles. The second-order valence-corrected chi connectivity index (χ2v) is 8.15. The van der Waals surface area contributed by atoms with Crippen LogP contribution in [0.1, 0.15) is 43.4 Å². The summed E-state index contributed by atoms with van der Waals surface area (Å²) in [6.07, 6.45) is 2.64. The molecule has 1 N–H and O–H groups in total. The minimum Gasteiger partial charge on any atom is -0.351 e. The maximum Gasteiger partial charge on any atom is 0.234 e. The Labute approximate surface area is 146 Å². The zero-order valence-electron chi connectivity index (χ0n) is 14.0. The molecular formula is C18H22N4OS. The molecule has 1 amide bonds. The first-order chi connectivity index (χ1) is 11.6. The molecular weight excluding hydrogens is 320 g/mol. The zero-order chi connectivity index (χ0) is 16.7. The fraction of sp³-hybridized carbons (Fsp3) is 0.500. The lowest BCUT2D eigenvalue weighted by molar-refractivity contribution is -0.121. The van der Waals surface area contributed by atoms with Gasteiger partial charge in [-0.3, -0.25) is 4.79 Å². The van der Waals surface area contributed by atoms with E-state index < -0.39 is 0 Å². The van der Waals surface area contributed by atoms with Crippen LogP contribution in [0.2, 0.25) is 0 Å². The van der Waals surface area contributed by atoms with Crippen LogP contribution in [-0.4, -0.2) is 32.0 Å². The molecule has 0 saturated carbocycles. The van der Waals surface area contributed by atoms with Crippen molar-refractivity contribution in [2.24, 2.45) is 0 Å². The Kier molecular flexibility index (Phi) is 4.08. The number of carbonyl (C=O) groups excluding carboxylic acids is 1. The van der Waals surface area contributed by atoms with Crippen molar-refractivity contribution in [1.29, 1.82) is 0 Å². The first-order valence-corrected chi connectivity index (χ1v) is 9.46. The minimum absolute atomic E-state index is 0.00530. The lowest BCUT2D eigenvalue weighted by Crippen LogP contribution is -2.44. The Morgan fingerprint density at radius 1 is 1.33 bits per heavy atom. The number of nitrogens with zero attached hydrogens (tertiary/aromatic N) is 3. The van der Waals surface area contributed by atoms with Crippen molar-refractivity contribution in [3.63, 3.8) is 0 Å². The zero-order valence-corrected chi connectivity index (χ0v) is 14.8. The van der Waals surface area contributed by atoms with E-state index in [-0.39, 0.29) is 17.2 Å². The van der Waals surface area contributed by atoms with Gasteiger partial charge in [-0.2, -0.15) is 0 Å². The molecule has 0 radical (unpaired) electrons. The van der Waals surface area contributed by atoms with Gasteiger partial charge in [-0.25, -0.2) is 0 Å². The Hall–Kier alpha value is -1.82. The average Bonchev–Trinajstić information content (AvgIpc) is 3.18. The molecule has 1 aromatic heterocycles. The molecule has 2 aromatic rings. The number of aryl methyl sites for hydroxylation is 1. The quantitative estimate of drug-likeness (QED) is 0.931. The maximum atomic E-state index is 12.7. The van der Waals surface area contributed by atoms with E-state index in [1.165, 1.54) is 10.5 Å². The third-order valence-electron chi connectivity index (χ3n) is 4.78. The molecule has 5 nitrogen and oxygen atoms in total. The Morgan fingerprint density at radius 3 is 2.96 bits per heavy atom. The number of benzene rings is 1. The highest BCUT2D eigenvalue weighted by molar-refractivity contribution is 8.01. The monoisotopic (exact) mass is 342 g/mol.